The van der Waals surface area contributed by atoms with Crippen molar-refractivity contribution < 1.29 is 19.7 Å². The number of hydrogen-bond acceptors (Lipinski definition) is 5. The predicted octanol–water partition coefficient (Wildman–Crippen LogP) is 3.51. The van der Waals surface area contributed by atoms with Gasteiger partial charge in [-0.3, -0.25) is 14.4 Å². The van der Waals surface area contributed by atoms with Gasteiger partial charge in [0.1, 0.15) is 12.2 Å². The zero-order valence-corrected chi connectivity index (χ0v) is 17.4. The number of aliphatic imine (C=N–C) groups is 1. The van der Waals surface area contributed by atoms with E-state index in [9.17, 15) is 19.8 Å². The first kappa shape index (κ1) is 19.8. The molecule has 0 atom stereocenters. The topological polar surface area (TPSA) is 106 Å². The van der Waals surface area contributed by atoms with Crippen molar-refractivity contribution in [3.63, 3.8) is 0 Å². The fourth-order valence-electron chi connectivity index (χ4n) is 4.39. The van der Waals surface area contributed by atoms with Crippen LogP contribution >= 0.6 is 0 Å². The number of aromatic nitrogens is 2. The molecule has 4 aromatic rings. The van der Waals surface area contributed by atoms with Crippen LogP contribution in [0.15, 0.2) is 58.3 Å². The first-order chi connectivity index (χ1) is 15.5. The third-order valence-corrected chi connectivity index (χ3v) is 5.79. The Balaban J connectivity index is 2.03. The van der Waals surface area contributed by atoms with Crippen molar-refractivity contribution in [3.05, 3.63) is 70.0 Å². The van der Waals surface area contributed by atoms with Crippen molar-refractivity contribution >= 4 is 50.8 Å². The summed E-state index contributed by atoms with van der Waals surface area (Å²) in [5.41, 5.74) is 2.09. The number of methoxy groups -OCH3 is 1. The Labute approximate surface area is 181 Å². The Morgan fingerprint density at radius 2 is 1.84 bits per heavy atom. The summed E-state index contributed by atoms with van der Waals surface area (Å²) in [6.45, 7) is 0.0900. The van der Waals surface area contributed by atoms with Crippen molar-refractivity contribution in [3.8, 4) is 5.88 Å². The summed E-state index contributed by atoms with van der Waals surface area (Å²) in [6, 6.07) is 14.4. The van der Waals surface area contributed by atoms with E-state index in [0.29, 0.717) is 33.1 Å². The predicted molar refractivity (Wildman–Crippen MR) is 122 cm³/mol. The summed E-state index contributed by atoms with van der Waals surface area (Å²) >= 11 is 0. The molecule has 8 nitrogen and oxygen atoms in total. The molecule has 2 aromatic heterocycles. The number of nitrogens with zero attached hydrogens (tertiary/aromatic N) is 3. The number of carbonyl (C=O) groups is 1. The Kier molecular flexibility index (Phi) is 4.45. The van der Waals surface area contributed by atoms with Crippen LogP contribution in [0.3, 0.4) is 0 Å². The summed E-state index contributed by atoms with van der Waals surface area (Å²) < 4.78 is 8.08. The van der Waals surface area contributed by atoms with Crippen molar-refractivity contribution in [2.24, 2.45) is 12.0 Å². The molecule has 2 aromatic carbocycles. The van der Waals surface area contributed by atoms with Gasteiger partial charge in [0.15, 0.2) is 0 Å². The van der Waals surface area contributed by atoms with E-state index < -0.39 is 17.4 Å². The van der Waals surface area contributed by atoms with Gasteiger partial charge in [0.05, 0.1) is 22.3 Å². The van der Waals surface area contributed by atoms with Gasteiger partial charge < -0.3 is 19.5 Å². The van der Waals surface area contributed by atoms with Gasteiger partial charge in [-0.25, -0.2) is 4.79 Å². The minimum absolute atomic E-state index is 0.0683. The standard InChI is InChI=1S/C24H19N3O5/c1-26-22(28)20(19(24(30)31)15-11-25-16-9-5-3-7-13(15)16)18-14-8-4-6-10-17(14)27(12-32-2)21(18)23(26)29/h3-11,28H,12H2,1-2H3,(H,30,31)/b19-15-. The van der Waals surface area contributed by atoms with Crippen molar-refractivity contribution in [1.29, 1.82) is 0 Å². The van der Waals surface area contributed by atoms with Crippen LogP contribution in [0.1, 0.15) is 11.1 Å². The largest absolute Gasteiger partial charge is 0.494 e. The number of aromatic hydroxyl groups is 1. The monoisotopic (exact) mass is 429 g/mol. The number of rotatable bonds is 4. The molecule has 0 saturated carbocycles. The molecule has 2 N–H and O–H groups in total. The van der Waals surface area contributed by atoms with Gasteiger partial charge in [-0.05, 0) is 12.1 Å². The molecule has 0 saturated heterocycles. The maximum Gasteiger partial charge on any atom is 0.337 e. The second-order valence-corrected chi connectivity index (χ2v) is 7.52. The van der Waals surface area contributed by atoms with E-state index in [1.807, 2.05) is 18.2 Å². The molecule has 1 aliphatic heterocycles. The molecule has 0 unspecified atom stereocenters. The average Bonchev–Trinajstić information content (AvgIpc) is 3.35. The van der Waals surface area contributed by atoms with Crippen molar-refractivity contribution in [2.45, 2.75) is 6.73 Å². The van der Waals surface area contributed by atoms with Gasteiger partial charge in [-0.1, -0.05) is 36.4 Å². The molecule has 5 rings (SSSR count). The minimum atomic E-state index is -1.23. The molecule has 0 aliphatic carbocycles. The van der Waals surface area contributed by atoms with E-state index in [2.05, 4.69) is 4.99 Å². The normalized spacial score (nSPS) is 14.3. The van der Waals surface area contributed by atoms with Crippen LogP contribution in [-0.4, -0.2) is 38.6 Å². The Morgan fingerprint density at radius 1 is 1.12 bits per heavy atom. The lowest BCUT2D eigenvalue weighted by Crippen LogP contribution is -2.21. The molecule has 8 heteroatoms. The zero-order chi connectivity index (χ0) is 22.6. The van der Waals surface area contributed by atoms with Crippen LogP contribution in [0, 0.1) is 0 Å². The van der Waals surface area contributed by atoms with Crippen LogP contribution < -0.4 is 5.56 Å². The SMILES string of the molecule is COCn1c2ccccc2c2c(/C(C(=O)O)=C3\C=Nc4ccccc43)c(O)n(C)c(=O)c21. The number of benzene rings is 2. The van der Waals surface area contributed by atoms with Crippen LogP contribution in [-0.2, 0) is 23.3 Å². The van der Waals surface area contributed by atoms with Gasteiger partial charge >= 0.3 is 5.97 Å². The Morgan fingerprint density at radius 3 is 2.59 bits per heavy atom. The molecule has 0 radical (unpaired) electrons. The summed E-state index contributed by atoms with van der Waals surface area (Å²) in [6.07, 6.45) is 1.48. The van der Waals surface area contributed by atoms with E-state index in [0.717, 1.165) is 4.57 Å². The molecule has 0 fully saturated rings. The number of aliphatic carboxylic acids is 1. The lowest BCUT2D eigenvalue weighted by molar-refractivity contribution is -0.130. The molecule has 0 amide bonds. The van der Waals surface area contributed by atoms with E-state index in [1.165, 1.54) is 20.4 Å². The van der Waals surface area contributed by atoms with Crippen LogP contribution in [0.2, 0.25) is 0 Å². The highest BCUT2D eigenvalue weighted by molar-refractivity contribution is 6.39. The maximum atomic E-state index is 13.2. The Hall–Kier alpha value is -4.17. The number of ether oxygens (including phenoxy) is 1. The Bertz CT molecular complexity index is 1560. The molecular formula is C24H19N3O5. The second-order valence-electron chi connectivity index (χ2n) is 7.52. The number of allylic oxidation sites excluding steroid dienone is 1. The van der Waals surface area contributed by atoms with Gasteiger partial charge in [0.2, 0.25) is 5.88 Å². The molecule has 3 heterocycles. The molecule has 1 aliphatic rings. The average molecular weight is 429 g/mol. The lowest BCUT2D eigenvalue weighted by Gasteiger charge is -2.14. The number of pyridine rings is 1. The first-order valence-electron chi connectivity index (χ1n) is 9.89. The van der Waals surface area contributed by atoms with Gasteiger partial charge in [0, 0.05) is 42.3 Å². The third-order valence-electron chi connectivity index (χ3n) is 5.79. The van der Waals surface area contributed by atoms with Crippen molar-refractivity contribution in [2.75, 3.05) is 7.11 Å². The first-order valence-corrected chi connectivity index (χ1v) is 9.89. The molecule has 0 bridgehead atoms. The lowest BCUT2D eigenvalue weighted by atomic mass is 9.93. The number of hydrogen-bond donors (Lipinski definition) is 2. The van der Waals surface area contributed by atoms with E-state index in [-0.39, 0.29) is 23.4 Å². The number of fused-ring (bicyclic) bond motifs is 4. The summed E-state index contributed by atoms with van der Waals surface area (Å²) in [4.78, 5) is 30.2. The van der Waals surface area contributed by atoms with E-state index in [4.69, 9.17) is 4.74 Å². The highest BCUT2D eigenvalue weighted by Crippen LogP contribution is 2.42. The number of para-hydroxylation sites is 2. The van der Waals surface area contributed by atoms with Crippen LogP contribution in [0.25, 0.3) is 33.0 Å². The zero-order valence-electron chi connectivity index (χ0n) is 17.4. The fourth-order valence-corrected chi connectivity index (χ4v) is 4.39. The summed E-state index contributed by atoms with van der Waals surface area (Å²) in [5, 5.41) is 22.4. The number of carboxylic acids is 1. The summed E-state index contributed by atoms with van der Waals surface area (Å²) in [5.74, 6) is -1.66. The number of carboxylic acid groups (broad SMARTS) is 1. The quantitative estimate of drug-likeness (QED) is 0.483. The molecule has 0 spiro atoms. The van der Waals surface area contributed by atoms with Gasteiger partial charge in [-0.2, -0.15) is 0 Å². The molecular weight excluding hydrogens is 410 g/mol. The molecule has 32 heavy (non-hydrogen) atoms. The van der Waals surface area contributed by atoms with Gasteiger partial charge in [0.25, 0.3) is 5.56 Å². The van der Waals surface area contributed by atoms with Crippen LogP contribution in [0.4, 0.5) is 5.69 Å². The minimum Gasteiger partial charge on any atom is -0.494 e. The van der Waals surface area contributed by atoms with E-state index >= 15 is 0 Å². The van der Waals surface area contributed by atoms with Crippen molar-refractivity contribution in [1.82, 2.24) is 9.13 Å². The third kappa shape index (κ3) is 2.63. The highest BCUT2D eigenvalue weighted by Gasteiger charge is 2.30. The van der Waals surface area contributed by atoms with Gasteiger partial charge in [-0.15, -0.1) is 0 Å². The summed E-state index contributed by atoms with van der Waals surface area (Å²) in [7, 11) is 2.93. The highest BCUT2D eigenvalue weighted by atomic mass is 16.5. The fraction of sp³-hybridized carbons (Fsp3) is 0.125. The van der Waals surface area contributed by atoms with E-state index in [1.54, 1.807) is 34.9 Å². The smallest absolute Gasteiger partial charge is 0.337 e. The maximum absolute atomic E-state index is 13.2. The van der Waals surface area contributed by atoms with Crippen LogP contribution in [0.5, 0.6) is 5.88 Å². The second kappa shape index (κ2) is 7.21. The molecule has 160 valence electrons.